The van der Waals surface area contributed by atoms with E-state index in [1.54, 1.807) is 0 Å². The zero-order valence-corrected chi connectivity index (χ0v) is 12.6. The first-order chi connectivity index (χ1) is 11.1. The Morgan fingerprint density at radius 2 is 1.62 bits per heavy atom. The predicted molar refractivity (Wildman–Crippen MR) is 75.8 cm³/mol. The molecular weight excluding hydrogens is 358 g/mol. The molecule has 0 atom stereocenters. The SMILES string of the molecule is Oc1cccc(C(F)(F)F)c1OCc1cccc(SC(F)(F)F)c1. The fourth-order valence-electron chi connectivity index (χ4n) is 1.89. The lowest BCUT2D eigenvalue weighted by atomic mass is 10.1. The van der Waals surface area contributed by atoms with Crippen LogP contribution in [0.4, 0.5) is 26.3 Å². The molecule has 0 saturated carbocycles. The van der Waals surface area contributed by atoms with Gasteiger partial charge in [-0.15, -0.1) is 0 Å². The molecule has 2 aromatic rings. The van der Waals surface area contributed by atoms with Crippen molar-refractivity contribution in [2.45, 2.75) is 23.2 Å². The summed E-state index contributed by atoms with van der Waals surface area (Å²) in [6.07, 6.45) is -4.73. The molecule has 2 aromatic carbocycles. The van der Waals surface area contributed by atoms with Crippen LogP contribution in [0.3, 0.4) is 0 Å². The molecule has 2 rings (SSSR count). The number of para-hydroxylation sites is 1. The average molecular weight is 368 g/mol. The van der Waals surface area contributed by atoms with Crippen LogP contribution in [0.2, 0.25) is 0 Å². The Morgan fingerprint density at radius 3 is 2.25 bits per heavy atom. The van der Waals surface area contributed by atoms with Gasteiger partial charge in [0.1, 0.15) is 12.2 Å². The van der Waals surface area contributed by atoms with Crippen LogP contribution in [-0.2, 0) is 12.8 Å². The molecular formula is C15H10F6O2S. The second kappa shape index (κ2) is 6.84. The monoisotopic (exact) mass is 368 g/mol. The summed E-state index contributed by atoms with van der Waals surface area (Å²) >= 11 is -0.338. The van der Waals surface area contributed by atoms with E-state index < -0.39 is 35.4 Å². The van der Waals surface area contributed by atoms with E-state index in [1.165, 1.54) is 18.2 Å². The maximum absolute atomic E-state index is 12.9. The zero-order chi connectivity index (χ0) is 18.0. The second-order valence-electron chi connectivity index (χ2n) is 4.64. The van der Waals surface area contributed by atoms with Crippen molar-refractivity contribution >= 4 is 11.8 Å². The summed E-state index contributed by atoms with van der Waals surface area (Å²) in [7, 11) is 0. The number of halogens is 6. The van der Waals surface area contributed by atoms with E-state index in [0.717, 1.165) is 24.3 Å². The first-order valence-corrected chi connectivity index (χ1v) is 7.24. The summed E-state index contributed by atoms with van der Waals surface area (Å²) < 4.78 is 80.7. The standard InChI is InChI=1S/C15H10F6O2S/c16-14(17,18)11-5-2-6-12(22)13(11)23-8-9-3-1-4-10(7-9)24-15(19,20)21/h1-7,22H,8H2. The lowest BCUT2D eigenvalue weighted by Crippen LogP contribution is -2.09. The van der Waals surface area contributed by atoms with Gasteiger partial charge in [-0.1, -0.05) is 18.2 Å². The Balaban J connectivity index is 2.19. The number of aromatic hydroxyl groups is 1. The van der Waals surface area contributed by atoms with E-state index in [0.29, 0.717) is 0 Å². The molecule has 130 valence electrons. The van der Waals surface area contributed by atoms with E-state index in [-0.39, 0.29) is 22.2 Å². The van der Waals surface area contributed by atoms with Crippen molar-refractivity contribution in [1.29, 1.82) is 0 Å². The van der Waals surface area contributed by atoms with Gasteiger partial charge >= 0.3 is 11.7 Å². The van der Waals surface area contributed by atoms with Crippen LogP contribution in [-0.4, -0.2) is 10.6 Å². The van der Waals surface area contributed by atoms with Gasteiger partial charge in [0.25, 0.3) is 0 Å². The van der Waals surface area contributed by atoms with Gasteiger partial charge in [0.05, 0.1) is 0 Å². The van der Waals surface area contributed by atoms with Crippen LogP contribution >= 0.6 is 11.8 Å². The van der Waals surface area contributed by atoms with Crippen molar-refractivity contribution in [3.8, 4) is 11.5 Å². The van der Waals surface area contributed by atoms with Gasteiger partial charge in [-0.25, -0.2) is 0 Å². The molecule has 0 aliphatic carbocycles. The van der Waals surface area contributed by atoms with Crippen molar-refractivity contribution in [2.75, 3.05) is 0 Å². The van der Waals surface area contributed by atoms with E-state index in [2.05, 4.69) is 0 Å². The molecule has 0 spiro atoms. The van der Waals surface area contributed by atoms with Crippen molar-refractivity contribution < 1.29 is 36.2 Å². The fraction of sp³-hybridized carbons (Fsp3) is 0.200. The quantitative estimate of drug-likeness (QED) is 0.563. The highest BCUT2D eigenvalue weighted by Gasteiger charge is 2.35. The van der Waals surface area contributed by atoms with Gasteiger partial charge in [-0.3, -0.25) is 0 Å². The molecule has 1 N–H and O–H groups in total. The molecule has 0 amide bonds. The fourth-order valence-corrected chi connectivity index (χ4v) is 2.51. The molecule has 0 saturated heterocycles. The Bertz CT molecular complexity index is 712. The number of thioether (sulfide) groups is 1. The van der Waals surface area contributed by atoms with E-state index >= 15 is 0 Å². The summed E-state index contributed by atoms with van der Waals surface area (Å²) in [5.74, 6) is -1.47. The van der Waals surface area contributed by atoms with Gasteiger partial charge in [0.2, 0.25) is 0 Å². The number of phenolic OH excluding ortho intramolecular Hbond substituents is 1. The molecule has 24 heavy (non-hydrogen) atoms. The summed E-state index contributed by atoms with van der Waals surface area (Å²) in [4.78, 5) is -0.114. The second-order valence-corrected chi connectivity index (χ2v) is 5.77. The van der Waals surface area contributed by atoms with Gasteiger partial charge in [-0.2, -0.15) is 26.3 Å². The topological polar surface area (TPSA) is 29.5 Å². The van der Waals surface area contributed by atoms with Crippen LogP contribution in [0.5, 0.6) is 11.5 Å². The third kappa shape index (κ3) is 4.98. The minimum Gasteiger partial charge on any atom is -0.504 e. The number of alkyl halides is 6. The lowest BCUT2D eigenvalue weighted by Gasteiger charge is -2.15. The number of benzene rings is 2. The molecule has 2 nitrogen and oxygen atoms in total. The number of hydrogen-bond acceptors (Lipinski definition) is 3. The molecule has 0 aliphatic rings. The molecule has 0 heterocycles. The minimum atomic E-state index is -4.73. The largest absolute Gasteiger partial charge is 0.504 e. The number of phenols is 1. The summed E-state index contributed by atoms with van der Waals surface area (Å²) in [6.45, 7) is -0.424. The smallest absolute Gasteiger partial charge is 0.446 e. The Hall–Kier alpha value is -2.03. The molecule has 0 aliphatic heterocycles. The van der Waals surface area contributed by atoms with Crippen LogP contribution in [0.1, 0.15) is 11.1 Å². The maximum atomic E-state index is 12.9. The highest BCUT2D eigenvalue weighted by Crippen LogP contribution is 2.41. The van der Waals surface area contributed by atoms with Gasteiger partial charge in [0, 0.05) is 4.90 Å². The predicted octanol–water partition coefficient (Wildman–Crippen LogP) is 5.60. The average Bonchev–Trinajstić information content (AvgIpc) is 2.43. The Labute approximate surface area is 137 Å². The normalized spacial score (nSPS) is 12.2. The van der Waals surface area contributed by atoms with E-state index in [9.17, 15) is 31.4 Å². The summed E-state index contributed by atoms with van der Waals surface area (Å²) in [5.41, 5.74) is -5.40. The summed E-state index contributed by atoms with van der Waals surface area (Å²) in [6, 6.07) is 7.92. The number of rotatable bonds is 4. The molecule has 0 aromatic heterocycles. The lowest BCUT2D eigenvalue weighted by molar-refractivity contribution is -0.139. The van der Waals surface area contributed by atoms with Crippen molar-refractivity contribution in [1.82, 2.24) is 0 Å². The molecule has 0 radical (unpaired) electrons. The molecule has 0 fully saturated rings. The van der Waals surface area contributed by atoms with Crippen molar-refractivity contribution in [2.24, 2.45) is 0 Å². The molecule has 0 unspecified atom stereocenters. The first kappa shape index (κ1) is 18.3. The zero-order valence-electron chi connectivity index (χ0n) is 11.8. The van der Waals surface area contributed by atoms with Gasteiger partial charge in [0.15, 0.2) is 11.5 Å². The summed E-state index contributed by atoms with van der Waals surface area (Å²) in [5, 5.41) is 9.56. The van der Waals surface area contributed by atoms with E-state index in [1.807, 2.05) is 0 Å². The van der Waals surface area contributed by atoms with Crippen LogP contribution in [0.15, 0.2) is 47.4 Å². The molecule has 0 bridgehead atoms. The highest BCUT2D eigenvalue weighted by atomic mass is 32.2. The molecule has 9 heteroatoms. The van der Waals surface area contributed by atoms with E-state index in [4.69, 9.17) is 4.74 Å². The third-order valence-corrected chi connectivity index (χ3v) is 3.54. The van der Waals surface area contributed by atoms with Crippen LogP contribution in [0.25, 0.3) is 0 Å². The number of ether oxygens (including phenoxy) is 1. The minimum absolute atomic E-state index is 0.114. The van der Waals surface area contributed by atoms with Crippen LogP contribution in [0, 0.1) is 0 Å². The Kier molecular flexibility index (Phi) is 5.22. The van der Waals surface area contributed by atoms with Crippen LogP contribution < -0.4 is 4.74 Å². The van der Waals surface area contributed by atoms with Crippen molar-refractivity contribution in [3.63, 3.8) is 0 Å². The first-order valence-electron chi connectivity index (χ1n) is 6.43. The number of hydrogen-bond donors (Lipinski definition) is 1. The third-order valence-electron chi connectivity index (χ3n) is 2.81. The van der Waals surface area contributed by atoms with Gasteiger partial charge < -0.3 is 9.84 Å². The van der Waals surface area contributed by atoms with Gasteiger partial charge in [-0.05, 0) is 41.6 Å². The maximum Gasteiger partial charge on any atom is 0.446 e. The van der Waals surface area contributed by atoms with Crippen molar-refractivity contribution in [3.05, 3.63) is 53.6 Å². The highest BCUT2D eigenvalue weighted by molar-refractivity contribution is 8.00. The Morgan fingerprint density at radius 1 is 0.958 bits per heavy atom.